The first-order valence-electron chi connectivity index (χ1n) is 10.6. The van der Waals surface area contributed by atoms with Gasteiger partial charge in [0.05, 0.1) is 4.90 Å². The SMILES string of the molecule is NCc1ccc(S(=O)(=O)N2[C@@H]3CC[C@H]2C[C@@H](NC(=O)c2cc(C4CC4)on2)C3)cc1. The highest BCUT2D eigenvalue weighted by atomic mass is 32.2. The van der Waals surface area contributed by atoms with Crippen molar-refractivity contribution in [2.45, 2.75) is 74.0 Å². The maximum Gasteiger partial charge on any atom is 0.273 e. The van der Waals surface area contributed by atoms with Crippen molar-refractivity contribution < 1.29 is 17.7 Å². The van der Waals surface area contributed by atoms with Crippen molar-refractivity contribution in [3.63, 3.8) is 0 Å². The minimum absolute atomic E-state index is 0.0675. The Kier molecular flexibility index (Phi) is 4.91. The number of nitrogens with one attached hydrogen (secondary N) is 1. The number of benzene rings is 1. The number of hydrogen-bond acceptors (Lipinski definition) is 6. The van der Waals surface area contributed by atoms with Crippen LogP contribution in [0.3, 0.4) is 0 Å². The number of amides is 1. The highest BCUT2D eigenvalue weighted by molar-refractivity contribution is 7.89. The molecular weight excluding hydrogens is 404 g/mol. The van der Waals surface area contributed by atoms with Crippen molar-refractivity contribution in [3.8, 4) is 0 Å². The van der Waals surface area contributed by atoms with Gasteiger partial charge in [-0.15, -0.1) is 0 Å². The van der Waals surface area contributed by atoms with Crippen molar-refractivity contribution in [1.82, 2.24) is 14.8 Å². The molecule has 1 aromatic carbocycles. The number of carbonyl (C=O) groups is 1. The summed E-state index contributed by atoms with van der Waals surface area (Å²) in [6.07, 6.45) is 5.01. The van der Waals surface area contributed by atoms with E-state index >= 15 is 0 Å². The molecule has 5 rings (SSSR count). The average molecular weight is 431 g/mol. The molecule has 2 saturated heterocycles. The summed E-state index contributed by atoms with van der Waals surface area (Å²) in [7, 11) is -3.57. The molecule has 0 spiro atoms. The molecule has 1 aliphatic carbocycles. The van der Waals surface area contributed by atoms with Crippen molar-refractivity contribution >= 4 is 15.9 Å². The van der Waals surface area contributed by atoms with Crippen molar-refractivity contribution in [3.05, 3.63) is 47.3 Å². The van der Waals surface area contributed by atoms with E-state index in [-0.39, 0.29) is 24.0 Å². The van der Waals surface area contributed by atoms with Gasteiger partial charge in [-0.1, -0.05) is 17.3 Å². The Balaban J connectivity index is 1.27. The van der Waals surface area contributed by atoms with Crippen LogP contribution in [0, 0.1) is 0 Å². The second-order valence-corrected chi connectivity index (χ2v) is 10.4. The summed E-state index contributed by atoms with van der Waals surface area (Å²) in [5, 5.41) is 6.94. The maximum atomic E-state index is 13.3. The van der Waals surface area contributed by atoms with Crippen LogP contribution in [0.1, 0.15) is 66.3 Å². The Bertz CT molecular complexity index is 1030. The molecule has 3 fully saturated rings. The minimum Gasteiger partial charge on any atom is -0.360 e. The zero-order chi connectivity index (χ0) is 20.9. The number of fused-ring (bicyclic) bond motifs is 2. The Morgan fingerprint density at radius 2 is 1.80 bits per heavy atom. The van der Waals surface area contributed by atoms with Gasteiger partial charge in [0.1, 0.15) is 5.76 Å². The molecule has 3 heterocycles. The van der Waals surface area contributed by atoms with E-state index in [0.717, 1.165) is 37.0 Å². The largest absolute Gasteiger partial charge is 0.360 e. The number of aromatic nitrogens is 1. The van der Waals surface area contributed by atoms with Gasteiger partial charge < -0.3 is 15.6 Å². The zero-order valence-corrected chi connectivity index (χ0v) is 17.5. The van der Waals surface area contributed by atoms with Gasteiger partial charge in [-0.3, -0.25) is 4.79 Å². The molecule has 8 nitrogen and oxygen atoms in total. The van der Waals surface area contributed by atoms with E-state index in [1.807, 2.05) is 0 Å². The summed E-state index contributed by atoms with van der Waals surface area (Å²) < 4.78 is 33.4. The normalized spacial score (nSPS) is 26.6. The monoisotopic (exact) mass is 430 g/mol. The first kappa shape index (κ1) is 19.7. The molecule has 3 aliphatic rings. The zero-order valence-electron chi connectivity index (χ0n) is 16.7. The van der Waals surface area contributed by atoms with Crippen LogP contribution in [0.4, 0.5) is 0 Å². The molecule has 160 valence electrons. The fourth-order valence-electron chi connectivity index (χ4n) is 4.78. The van der Waals surface area contributed by atoms with Gasteiger partial charge in [0.2, 0.25) is 10.0 Å². The highest BCUT2D eigenvalue weighted by Gasteiger charge is 2.47. The topological polar surface area (TPSA) is 119 Å². The van der Waals surface area contributed by atoms with Crippen molar-refractivity contribution in [1.29, 1.82) is 0 Å². The first-order chi connectivity index (χ1) is 14.5. The molecule has 1 aromatic heterocycles. The molecule has 1 amide bonds. The first-order valence-corrected chi connectivity index (χ1v) is 12.0. The van der Waals surface area contributed by atoms with E-state index in [1.54, 1.807) is 34.6 Å². The second-order valence-electron chi connectivity index (χ2n) is 8.60. The standard InChI is InChI=1S/C21H26N4O4S/c22-12-13-1-7-18(8-2-13)30(27,28)25-16-5-6-17(25)10-15(9-16)23-21(26)19-11-20(29-24-19)14-3-4-14/h1-2,7-8,11,14-17H,3-6,9-10,12,22H2,(H,23,26)/t15-,16+,17-. The lowest BCUT2D eigenvalue weighted by atomic mass is 9.99. The minimum atomic E-state index is -3.57. The number of hydrogen-bond donors (Lipinski definition) is 2. The Hall–Kier alpha value is -2.23. The molecular formula is C21H26N4O4S. The van der Waals surface area contributed by atoms with Gasteiger partial charge in [0.15, 0.2) is 5.69 Å². The number of sulfonamides is 1. The molecule has 3 N–H and O–H groups in total. The molecule has 3 atom stereocenters. The molecule has 2 bridgehead atoms. The molecule has 0 unspecified atom stereocenters. The number of piperidine rings is 1. The molecule has 0 radical (unpaired) electrons. The maximum absolute atomic E-state index is 13.3. The number of nitrogens with zero attached hydrogens (tertiary/aromatic N) is 2. The number of rotatable bonds is 6. The predicted octanol–water partition coefficient (Wildman–Crippen LogP) is 2.12. The Labute approximate surface area is 175 Å². The van der Waals surface area contributed by atoms with Crippen LogP contribution in [-0.4, -0.2) is 41.9 Å². The Morgan fingerprint density at radius 3 is 2.40 bits per heavy atom. The molecule has 2 aliphatic heterocycles. The predicted molar refractivity (Wildman–Crippen MR) is 109 cm³/mol. The van der Waals surface area contributed by atoms with E-state index in [4.69, 9.17) is 10.3 Å². The lowest BCUT2D eigenvalue weighted by Gasteiger charge is -2.38. The molecule has 1 saturated carbocycles. The van der Waals surface area contributed by atoms with Crippen LogP contribution in [0.15, 0.2) is 39.8 Å². The molecule has 9 heteroatoms. The fraction of sp³-hybridized carbons (Fsp3) is 0.524. The third kappa shape index (κ3) is 3.55. The van der Waals surface area contributed by atoms with Crippen molar-refractivity contribution in [2.75, 3.05) is 0 Å². The summed E-state index contributed by atoms with van der Waals surface area (Å²) in [6.45, 7) is 0.379. The van der Waals surface area contributed by atoms with Gasteiger partial charge in [-0.05, 0) is 56.2 Å². The van der Waals surface area contributed by atoms with E-state index in [1.165, 1.54) is 0 Å². The van der Waals surface area contributed by atoms with Crippen LogP contribution in [0.25, 0.3) is 0 Å². The van der Waals surface area contributed by atoms with E-state index in [9.17, 15) is 13.2 Å². The third-order valence-corrected chi connectivity index (χ3v) is 8.50. The van der Waals surface area contributed by atoms with E-state index < -0.39 is 10.0 Å². The number of carbonyl (C=O) groups excluding carboxylic acids is 1. The van der Waals surface area contributed by atoms with E-state index in [2.05, 4.69) is 10.5 Å². The lowest BCUT2D eigenvalue weighted by Crippen LogP contribution is -2.52. The number of nitrogens with two attached hydrogens (primary N) is 1. The Morgan fingerprint density at radius 1 is 1.13 bits per heavy atom. The molecule has 30 heavy (non-hydrogen) atoms. The van der Waals surface area contributed by atoms with Gasteiger partial charge in [-0.25, -0.2) is 8.42 Å². The van der Waals surface area contributed by atoms with Gasteiger partial charge in [0, 0.05) is 36.7 Å². The molecule has 2 aromatic rings. The van der Waals surface area contributed by atoms with Crippen LogP contribution in [0.2, 0.25) is 0 Å². The van der Waals surface area contributed by atoms with Crippen LogP contribution < -0.4 is 11.1 Å². The second kappa shape index (κ2) is 7.47. The van der Waals surface area contributed by atoms with Crippen molar-refractivity contribution in [2.24, 2.45) is 5.73 Å². The summed E-state index contributed by atoms with van der Waals surface area (Å²) in [5.74, 6) is 0.938. The highest BCUT2D eigenvalue weighted by Crippen LogP contribution is 2.41. The fourth-order valence-corrected chi connectivity index (χ4v) is 6.67. The van der Waals surface area contributed by atoms with Crippen LogP contribution >= 0.6 is 0 Å². The van der Waals surface area contributed by atoms with E-state index in [0.29, 0.717) is 35.9 Å². The smallest absolute Gasteiger partial charge is 0.273 e. The van der Waals surface area contributed by atoms with Crippen LogP contribution in [0.5, 0.6) is 0 Å². The average Bonchev–Trinajstić information content (AvgIpc) is 3.40. The van der Waals surface area contributed by atoms with Gasteiger partial charge >= 0.3 is 0 Å². The van der Waals surface area contributed by atoms with Gasteiger partial charge in [-0.2, -0.15) is 4.31 Å². The summed E-state index contributed by atoms with van der Waals surface area (Å²) in [4.78, 5) is 12.9. The third-order valence-electron chi connectivity index (χ3n) is 6.48. The lowest BCUT2D eigenvalue weighted by molar-refractivity contribution is 0.0900. The summed E-state index contributed by atoms with van der Waals surface area (Å²) >= 11 is 0. The van der Waals surface area contributed by atoms with Gasteiger partial charge in [0.25, 0.3) is 5.91 Å². The summed E-state index contributed by atoms with van der Waals surface area (Å²) in [6, 6.07) is 8.24. The summed E-state index contributed by atoms with van der Waals surface area (Å²) in [5.41, 5.74) is 6.82. The quantitative estimate of drug-likeness (QED) is 0.725. The van der Waals surface area contributed by atoms with Crippen LogP contribution in [-0.2, 0) is 16.6 Å².